The Hall–Kier alpha value is -1.26. The standard InChI is InChI=1S/C19H22O6P2/c1-3-7-17(8-4-1)20-15-26(16-21-18-9-5-2-6-10-18)22-11-19-12-23-27(24-13-19)25-14-19/h1-10H,11-16H2. The molecule has 0 radical (unpaired) electrons. The van der Waals surface area contributed by atoms with Crippen LogP contribution in [0, 0.1) is 5.41 Å². The van der Waals surface area contributed by atoms with Gasteiger partial charge < -0.3 is 27.6 Å². The highest BCUT2D eigenvalue weighted by molar-refractivity contribution is 7.52. The molecular weight excluding hydrogens is 386 g/mol. The predicted molar refractivity (Wildman–Crippen MR) is 104 cm³/mol. The molecule has 0 N–H and O–H groups in total. The van der Waals surface area contributed by atoms with E-state index in [2.05, 4.69) is 0 Å². The van der Waals surface area contributed by atoms with Crippen molar-refractivity contribution in [1.82, 2.24) is 0 Å². The van der Waals surface area contributed by atoms with Crippen molar-refractivity contribution in [2.75, 3.05) is 39.1 Å². The molecule has 3 aliphatic rings. The zero-order valence-electron chi connectivity index (χ0n) is 14.9. The van der Waals surface area contributed by atoms with E-state index in [0.717, 1.165) is 11.5 Å². The Labute approximate surface area is 161 Å². The molecule has 2 aromatic rings. The quantitative estimate of drug-likeness (QED) is 0.558. The first-order valence-corrected chi connectivity index (χ1v) is 11.5. The maximum atomic E-state index is 6.23. The molecule has 3 saturated heterocycles. The first-order chi connectivity index (χ1) is 13.3. The van der Waals surface area contributed by atoms with Crippen LogP contribution < -0.4 is 9.47 Å². The van der Waals surface area contributed by atoms with Crippen LogP contribution >= 0.6 is 16.8 Å². The number of fused-ring (bicyclic) bond motifs is 3. The first kappa shape index (κ1) is 19.1. The van der Waals surface area contributed by atoms with Crippen molar-refractivity contribution in [3.63, 3.8) is 0 Å². The molecule has 3 fully saturated rings. The summed E-state index contributed by atoms with van der Waals surface area (Å²) in [5, 5.41) is 0. The molecule has 2 aromatic carbocycles. The van der Waals surface area contributed by atoms with Crippen molar-refractivity contribution in [3.8, 4) is 11.5 Å². The highest BCUT2D eigenvalue weighted by Crippen LogP contribution is 2.54. The molecule has 0 aliphatic carbocycles. The van der Waals surface area contributed by atoms with Gasteiger partial charge in [-0.3, -0.25) is 0 Å². The number of rotatable bonds is 9. The van der Waals surface area contributed by atoms with Crippen LogP contribution in [0.5, 0.6) is 11.5 Å². The maximum Gasteiger partial charge on any atom is 0.332 e. The summed E-state index contributed by atoms with van der Waals surface area (Å²) in [6.45, 7) is 2.33. The Balaban J connectivity index is 1.34. The molecule has 3 heterocycles. The van der Waals surface area contributed by atoms with Gasteiger partial charge in [0.15, 0.2) is 0 Å². The lowest BCUT2D eigenvalue weighted by Crippen LogP contribution is -2.46. The van der Waals surface area contributed by atoms with Crippen molar-refractivity contribution >= 4 is 16.8 Å². The number of benzene rings is 2. The van der Waals surface area contributed by atoms with Crippen molar-refractivity contribution in [2.45, 2.75) is 0 Å². The molecule has 0 saturated carbocycles. The fraction of sp³-hybridized carbons (Fsp3) is 0.368. The summed E-state index contributed by atoms with van der Waals surface area (Å²) >= 11 is 0. The molecular formula is C19H22O6P2. The Kier molecular flexibility index (Phi) is 6.56. The first-order valence-electron chi connectivity index (χ1n) is 8.74. The van der Waals surface area contributed by atoms with Gasteiger partial charge >= 0.3 is 8.60 Å². The van der Waals surface area contributed by atoms with E-state index in [1.54, 1.807) is 0 Å². The fourth-order valence-corrected chi connectivity index (χ4v) is 5.22. The van der Waals surface area contributed by atoms with Crippen molar-refractivity contribution in [1.29, 1.82) is 0 Å². The Morgan fingerprint density at radius 2 is 1.26 bits per heavy atom. The van der Waals surface area contributed by atoms with Gasteiger partial charge in [0, 0.05) is 0 Å². The second-order valence-electron chi connectivity index (χ2n) is 6.47. The summed E-state index contributed by atoms with van der Waals surface area (Å²) in [7, 11) is -2.09. The minimum Gasteiger partial charge on any atom is -0.487 e. The minimum absolute atomic E-state index is 0.239. The van der Waals surface area contributed by atoms with Gasteiger partial charge in [0.1, 0.15) is 32.3 Å². The van der Waals surface area contributed by atoms with Gasteiger partial charge in [-0.05, 0) is 24.3 Å². The van der Waals surface area contributed by atoms with Crippen molar-refractivity contribution in [2.24, 2.45) is 5.41 Å². The highest BCUT2D eigenvalue weighted by Gasteiger charge is 2.45. The zero-order chi connectivity index (χ0) is 18.4. The van der Waals surface area contributed by atoms with Crippen LogP contribution in [0.2, 0.25) is 0 Å². The Bertz CT molecular complexity index is 637. The van der Waals surface area contributed by atoms with Gasteiger partial charge in [0.05, 0.1) is 31.8 Å². The summed E-state index contributed by atoms with van der Waals surface area (Å²) in [5.41, 5.74) is -0.239. The van der Waals surface area contributed by atoms with Gasteiger partial charge in [-0.2, -0.15) is 0 Å². The van der Waals surface area contributed by atoms with E-state index < -0.39 is 16.8 Å². The number of para-hydroxylation sites is 2. The lowest BCUT2D eigenvalue weighted by molar-refractivity contribution is -0.0909. The van der Waals surface area contributed by atoms with Gasteiger partial charge in [0.25, 0.3) is 0 Å². The monoisotopic (exact) mass is 408 g/mol. The lowest BCUT2D eigenvalue weighted by Gasteiger charge is -2.43. The predicted octanol–water partition coefficient (Wildman–Crippen LogP) is 4.76. The summed E-state index contributed by atoms with van der Waals surface area (Å²) in [6.07, 6.45) is 0.912. The summed E-state index contributed by atoms with van der Waals surface area (Å²) in [6, 6.07) is 19.5. The summed E-state index contributed by atoms with van der Waals surface area (Å²) in [4.78, 5) is 0. The van der Waals surface area contributed by atoms with Gasteiger partial charge in [-0.15, -0.1) is 0 Å². The average molecular weight is 408 g/mol. The van der Waals surface area contributed by atoms with Gasteiger partial charge in [-0.1, -0.05) is 36.4 Å². The molecule has 0 spiro atoms. The van der Waals surface area contributed by atoms with Crippen LogP contribution in [0.4, 0.5) is 0 Å². The van der Waals surface area contributed by atoms with E-state index in [0.29, 0.717) is 39.1 Å². The summed E-state index contributed by atoms with van der Waals surface area (Å²) in [5.74, 6) is 1.64. The van der Waals surface area contributed by atoms with Crippen LogP contribution in [0.3, 0.4) is 0 Å². The third-order valence-corrected chi connectivity index (χ3v) is 6.57. The SMILES string of the molecule is c1ccc(OCP(COc2ccccc2)OCC23COP(OC2)OC3)cc1. The molecule has 3 aliphatic heterocycles. The molecule has 0 amide bonds. The van der Waals surface area contributed by atoms with E-state index in [9.17, 15) is 0 Å². The number of ether oxygens (including phenoxy) is 2. The molecule has 144 valence electrons. The third-order valence-electron chi connectivity index (χ3n) is 4.22. The average Bonchev–Trinajstić information content (AvgIpc) is 2.76. The number of hydrogen-bond donors (Lipinski definition) is 0. The number of hydrogen-bond acceptors (Lipinski definition) is 6. The molecule has 0 atom stereocenters. The zero-order valence-corrected chi connectivity index (χ0v) is 16.6. The second kappa shape index (κ2) is 9.29. The fourth-order valence-electron chi connectivity index (χ4n) is 2.60. The summed E-state index contributed by atoms with van der Waals surface area (Å²) < 4.78 is 34.7. The topological polar surface area (TPSA) is 55.4 Å². The molecule has 27 heavy (non-hydrogen) atoms. The van der Waals surface area contributed by atoms with Crippen LogP contribution in [-0.2, 0) is 18.1 Å². The maximum absolute atomic E-state index is 6.23. The Morgan fingerprint density at radius 1 is 0.778 bits per heavy atom. The third kappa shape index (κ3) is 5.39. The van der Waals surface area contributed by atoms with Crippen LogP contribution in [0.15, 0.2) is 60.7 Å². The molecule has 5 rings (SSSR count). The lowest BCUT2D eigenvalue weighted by atomic mass is 9.93. The van der Waals surface area contributed by atoms with E-state index in [4.69, 9.17) is 27.6 Å². The largest absolute Gasteiger partial charge is 0.487 e. The van der Waals surface area contributed by atoms with Crippen LogP contribution in [0.25, 0.3) is 0 Å². The molecule has 6 nitrogen and oxygen atoms in total. The van der Waals surface area contributed by atoms with Gasteiger partial charge in [-0.25, -0.2) is 0 Å². The van der Waals surface area contributed by atoms with E-state index >= 15 is 0 Å². The van der Waals surface area contributed by atoms with E-state index in [1.165, 1.54) is 0 Å². The molecule has 0 unspecified atom stereocenters. The smallest absolute Gasteiger partial charge is 0.332 e. The van der Waals surface area contributed by atoms with Crippen LogP contribution in [0.1, 0.15) is 0 Å². The van der Waals surface area contributed by atoms with E-state index in [-0.39, 0.29) is 5.41 Å². The minimum atomic E-state index is -1.14. The molecule has 8 heteroatoms. The normalized spacial score (nSPS) is 24.1. The molecule has 0 aromatic heterocycles. The van der Waals surface area contributed by atoms with E-state index in [1.807, 2.05) is 60.7 Å². The van der Waals surface area contributed by atoms with Gasteiger partial charge in [0.2, 0.25) is 0 Å². The van der Waals surface area contributed by atoms with Crippen LogP contribution in [-0.4, -0.2) is 39.1 Å². The van der Waals surface area contributed by atoms with Crippen molar-refractivity contribution < 1.29 is 27.6 Å². The Morgan fingerprint density at radius 3 is 1.74 bits per heavy atom. The highest BCUT2D eigenvalue weighted by atomic mass is 31.2. The second-order valence-corrected chi connectivity index (χ2v) is 9.43. The molecule has 2 bridgehead atoms. The van der Waals surface area contributed by atoms with Crippen molar-refractivity contribution in [3.05, 3.63) is 60.7 Å².